The Balaban J connectivity index is 1.35. The van der Waals surface area contributed by atoms with Crippen LogP contribution >= 0.6 is 0 Å². The summed E-state index contributed by atoms with van der Waals surface area (Å²) in [5.41, 5.74) is 1.24. The van der Waals surface area contributed by atoms with Crippen molar-refractivity contribution in [3.63, 3.8) is 0 Å². The van der Waals surface area contributed by atoms with Gasteiger partial charge < -0.3 is 19.9 Å². The van der Waals surface area contributed by atoms with Crippen LogP contribution in [0, 0.1) is 22.7 Å². The first-order valence-electron chi connectivity index (χ1n) is 15.9. The summed E-state index contributed by atoms with van der Waals surface area (Å²) in [7, 11) is -4.16. The van der Waals surface area contributed by atoms with E-state index in [0.29, 0.717) is 36.6 Å². The Morgan fingerprint density at radius 2 is 1.69 bits per heavy atom. The molecular formula is C36H41NO7S. The quantitative estimate of drug-likeness (QED) is 0.331. The average Bonchev–Trinajstić information content (AvgIpc) is 3.39. The van der Waals surface area contributed by atoms with E-state index < -0.39 is 38.8 Å². The number of hydrogen-bond acceptors (Lipinski definition) is 7. The molecule has 238 valence electrons. The third kappa shape index (κ3) is 4.61. The van der Waals surface area contributed by atoms with Gasteiger partial charge in [-0.15, -0.1) is 0 Å². The van der Waals surface area contributed by atoms with E-state index in [9.17, 15) is 18.3 Å². The van der Waals surface area contributed by atoms with E-state index >= 15 is 0 Å². The summed E-state index contributed by atoms with van der Waals surface area (Å²) < 4.78 is 46.8. The zero-order valence-electron chi connectivity index (χ0n) is 26.2. The van der Waals surface area contributed by atoms with E-state index in [4.69, 9.17) is 13.7 Å². The Hall–Kier alpha value is -3.40. The molecule has 0 saturated heterocycles. The minimum atomic E-state index is -4.16. The Labute approximate surface area is 265 Å². The van der Waals surface area contributed by atoms with E-state index in [1.807, 2.05) is 50.2 Å². The summed E-state index contributed by atoms with van der Waals surface area (Å²) in [6.07, 6.45) is 0.506. The molecule has 3 aromatic carbocycles. The fourth-order valence-corrected chi connectivity index (χ4v) is 9.84. The molecule has 0 radical (unpaired) electrons. The van der Waals surface area contributed by atoms with Crippen molar-refractivity contribution in [3.05, 3.63) is 89.0 Å². The molecule has 2 N–H and O–H groups in total. The molecule has 2 saturated carbocycles. The Kier molecular flexibility index (Phi) is 7.11. The van der Waals surface area contributed by atoms with Crippen molar-refractivity contribution in [1.29, 1.82) is 0 Å². The van der Waals surface area contributed by atoms with Gasteiger partial charge in [-0.25, -0.2) is 0 Å². The molecule has 2 fully saturated rings. The molecule has 0 bridgehead atoms. The lowest BCUT2D eigenvalue weighted by Gasteiger charge is -2.67. The lowest BCUT2D eigenvalue weighted by atomic mass is 9.43. The lowest BCUT2D eigenvalue weighted by molar-refractivity contribution is -0.256. The summed E-state index contributed by atoms with van der Waals surface area (Å²) in [4.78, 5) is 13.1. The van der Waals surface area contributed by atoms with Crippen LogP contribution in [0.1, 0.15) is 74.0 Å². The molecule has 1 spiro atoms. The number of hydrogen-bond donors (Lipinski definition) is 2. The van der Waals surface area contributed by atoms with Crippen molar-refractivity contribution in [2.75, 3.05) is 0 Å². The molecule has 6 atom stereocenters. The van der Waals surface area contributed by atoms with E-state index in [-0.39, 0.29) is 29.1 Å². The number of rotatable bonds is 6. The number of ether oxygens (including phenoxy) is 2. The summed E-state index contributed by atoms with van der Waals surface area (Å²) in [5.74, 6) is 1.22. The molecule has 45 heavy (non-hydrogen) atoms. The van der Waals surface area contributed by atoms with Gasteiger partial charge in [-0.05, 0) is 54.4 Å². The fraction of sp³-hybridized carbons (Fsp3) is 0.472. The number of carbonyl (C=O) groups excluding carboxylic acids is 1. The van der Waals surface area contributed by atoms with Crippen LogP contribution in [0.3, 0.4) is 0 Å². The van der Waals surface area contributed by atoms with Gasteiger partial charge in [0.1, 0.15) is 29.8 Å². The highest BCUT2D eigenvalue weighted by Crippen LogP contribution is 2.67. The molecule has 3 aromatic rings. The van der Waals surface area contributed by atoms with Crippen molar-refractivity contribution in [1.82, 2.24) is 5.32 Å². The van der Waals surface area contributed by atoms with Crippen LogP contribution < -0.4 is 14.8 Å². The van der Waals surface area contributed by atoms with Gasteiger partial charge >= 0.3 is 0 Å². The molecule has 4 aliphatic rings. The number of nitrogens with one attached hydrogen (secondary N) is 1. The second kappa shape index (κ2) is 10.6. The summed E-state index contributed by atoms with van der Waals surface area (Å²) >= 11 is 0. The first kappa shape index (κ1) is 30.3. The maximum atomic E-state index is 13.5. The van der Waals surface area contributed by atoms with Crippen LogP contribution in [-0.2, 0) is 33.9 Å². The predicted octanol–water partition coefficient (Wildman–Crippen LogP) is 5.80. The number of aliphatic hydroxyl groups is 1. The second-order valence-corrected chi connectivity index (χ2v) is 15.7. The Morgan fingerprint density at radius 3 is 2.40 bits per heavy atom. The maximum Gasteiger partial charge on any atom is 0.297 e. The molecule has 2 aliphatic heterocycles. The van der Waals surface area contributed by atoms with Crippen LogP contribution in [0.2, 0.25) is 0 Å². The zero-order valence-corrected chi connectivity index (χ0v) is 27.0. The SMILES string of the molecule is C[C@H]1CC[C@H]2C(C)(C)[C@H](O)[C@@H](OS(=O)(=O)c3ccccc3)C[C@]23Oc2c(c(OCc4ccccc4)cc4c2CNC4=O)C[C@]13C. The van der Waals surface area contributed by atoms with Gasteiger partial charge in [-0.2, -0.15) is 8.42 Å². The van der Waals surface area contributed by atoms with E-state index in [1.54, 1.807) is 18.2 Å². The van der Waals surface area contributed by atoms with Crippen LogP contribution in [0.5, 0.6) is 11.5 Å². The van der Waals surface area contributed by atoms with Gasteiger partial charge in [0.2, 0.25) is 0 Å². The largest absolute Gasteiger partial charge is 0.488 e. The number of fused-ring (bicyclic) bond motifs is 3. The van der Waals surface area contributed by atoms with E-state index in [0.717, 1.165) is 29.5 Å². The molecule has 1 amide bonds. The van der Waals surface area contributed by atoms with Crippen molar-refractivity contribution in [2.24, 2.45) is 22.7 Å². The first-order valence-corrected chi connectivity index (χ1v) is 17.3. The van der Waals surface area contributed by atoms with E-state index in [2.05, 4.69) is 19.2 Å². The lowest BCUT2D eigenvalue weighted by Crippen LogP contribution is -2.73. The molecular weight excluding hydrogens is 590 g/mol. The highest BCUT2D eigenvalue weighted by atomic mass is 32.2. The molecule has 7 rings (SSSR count). The molecule has 8 nitrogen and oxygen atoms in total. The monoisotopic (exact) mass is 631 g/mol. The van der Waals surface area contributed by atoms with Crippen molar-refractivity contribution in [3.8, 4) is 11.5 Å². The van der Waals surface area contributed by atoms with Gasteiger partial charge in [0, 0.05) is 35.4 Å². The number of benzene rings is 3. The average molecular weight is 632 g/mol. The number of carbonyl (C=O) groups is 1. The number of amides is 1. The van der Waals surface area contributed by atoms with Gasteiger partial charge in [0.25, 0.3) is 16.0 Å². The van der Waals surface area contributed by atoms with Crippen LogP contribution in [0.4, 0.5) is 0 Å². The first-order chi connectivity index (χ1) is 21.4. The molecule has 9 heteroatoms. The topological polar surface area (TPSA) is 111 Å². The van der Waals surface area contributed by atoms with Crippen molar-refractivity contribution >= 4 is 16.0 Å². The van der Waals surface area contributed by atoms with Crippen LogP contribution in [-0.4, -0.2) is 37.2 Å². The van der Waals surface area contributed by atoms with Crippen LogP contribution in [0.15, 0.2) is 71.6 Å². The standard InChI is InChI=1S/C36H41NO7S/c1-22-15-16-30-34(2,3)32(38)29(44-45(40,41)24-13-9-6-10-14-24)19-36(30)35(22,4)18-26-28(42-21-23-11-7-5-8-12-23)17-25-27(31(26)43-36)20-37-33(25)39/h5-14,17,22,29-30,32,38H,15-16,18-21H2,1-4H3,(H,37,39)/t22-,29-,30-,32+,35+,36-/m0/s1. The Bertz CT molecular complexity index is 1740. The second-order valence-electron chi connectivity index (χ2n) is 14.2. The molecule has 0 unspecified atom stereocenters. The smallest absolute Gasteiger partial charge is 0.297 e. The minimum Gasteiger partial charge on any atom is -0.488 e. The van der Waals surface area contributed by atoms with Gasteiger partial charge in [-0.1, -0.05) is 76.2 Å². The minimum absolute atomic E-state index is 0.0481. The summed E-state index contributed by atoms with van der Waals surface area (Å²) in [5, 5.41) is 14.7. The zero-order chi connectivity index (χ0) is 31.8. The van der Waals surface area contributed by atoms with Crippen molar-refractivity contribution in [2.45, 2.75) is 89.2 Å². The molecule has 0 aromatic heterocycles. The molecule has 2 heterocycles. The van der Waals surface area contributed by atoms with E-state index in [1.165, 1.54) is 12.1 Å². The maximum absolute atomic E-state index is 13.5. The third-order valence-corrected chi connectivity index (χ3v) is 12.8. The normalized spacial score (nSPS) is 31.4. The number of aliphatic hydroxyl groups excluding tert-OH is 1. The predicted molar refractivity (Wildman–Crippen MR) is 168 cm³/mol. The summed E-state index contributed by atoms with van der Waals surface area (Å²) in [6.45, 7) is 9.17. The van der Waals surface area contributed by atoms with Gasteiger partial charge in [-0.3, -0.25) is 8.98 Å². The third-order valence-electron chi connectivity index (χ3n) is 11.5. The highest BCUT2D eigenvalue weighted by Gasteiger charge is 2.70. The highest BCUT2D eigenvalue weighted by molar-refractivity contribution is 7.86. The summed E-state index contributed by atoms with van der Waals surface area (Å²) in [6, 6.07) is 19.8. The van der Waals surface area contributed by atoms with Crippen molar-refractivity contribution < 1.29 is 32.0 Å². The van der Waals surface area contributed by atoms with Crippen LogP contribution in [0.25, 0.3) is 0 Å². The van der Waals surface area contributed by atoms with Gasteiger partial charge in [0.15, 0.2) is 0 Å². The Morgan fingerprint density at radius 1 is 1.00 bits per heavy atom. The van der Waals surface area contributed by atoms with Gasteiger partial charge in [0.05, 0.1) is 16.6 Å². The molecule has 2 aliphatic carbocycles. The fourth-order valence-electron chi connectivity index (χ4n) is 8.74.